The van der Waals surface area contributed by atoms with Crippen LogP contribution in [0.1, 0.15) is 31.2 Å². The Labute approximate surface area is 136 Å². The summed E-state index contributed by atoms with van der Waals surface area (Å²) >= 11 is 6.30. The molecule has 1 fully saturated rings. The first kappa shape index (κ1) is 15.3. The topological polar surface area (TPSA) is 63.8 Å². The zero-order chi connectivity index (χ0) is 15.5. The van der Waals surface area contributed by atoms with Crippen LogP contribution in [-0.4, -0.2) is 22.1 Å². The van der Waals surface area contributed by atoms with Crippen LogP contribution in [0.2, 0.25) is 5.02 Å². The summed E-state index contributed by atoms with van der Waals surface area (Å²) in [7, 11) is 0. The van der Waals surface area contributed by atoms with Crippen LogP contribution < -0.4 is 11.1 Å². The molecule has 2 aromatic rings. The number of nitrogens with one attached hydrogen (secondary N) is 1. The maximum atomic E-state index is 6.30. The van der Waals surface area contributed by atoms with Gasteiger partial charge in [-0.05, 0) is 38.2 Å². The monoisotopic (exact) mass is 316 g/mol. The summed E-state index contributed by atoms with van der Waals surface area (Å²) in [6.07, 6.45) is 6.00. The van der Waals surface area contributed by atoms with Crippen LogP contribution in [0.25, 0.3) is 11.3 Å². The molecule has 1 heterocycles. The zero-order valence-corrected chi connectivity index (χ0v) is 13.5. The minimum atomic E-state index is 0.273. The molecule has 4 nitrogen and oxygen atoms in total. The molecule has 1 aromatic heterocycles. The number of anilines is 1. The van der Waals surface area contributed by atoms with E-state index in [0.29, 0.717) is 17.0 Å². The summed E-state index contributed by atoms with van der Waals surface area (Å²) in [6, 6.07) is 8.71. The van der Waals surface area contributed by atoms with E-state index in [1.807, 2.05) is 18.2 Å². The molecule has 3 N–H and O–H groups in total. The van der Waals surface area contributed by atoms with E-state index in [4.69, 9.17) is 17.3 Å². The summed E-state index contributed by atoms with van der Waals surface area (Å²) in [5, 5.41) is 3.98. The summed E-state index contributed by atoms with van der Waals surface area (Å²) in [4.78, 5) is 8.95. The van der Waals surface area contributed by atoms with Crippen LogP contribution in [0.3, 0.4) is 0 Å². The second-order valence-corrected chi connectivity index (χ2v) is 6.38. The Bertz CT molecular complexity index is 659. The maximum absolute atomic E-state index is 6.30. The highest BCUT2D eigenvalue weighted by Crippen LogP contribution is 2.29. The van der Waals surface area contributed by atoms with Crippen molar-refractivity contribution >= 4 is 17.5 Å². The molecule has 5 heteroatoms. The number of aryl methyl sites for hydroxylation is 1. The van der Waals surface area contributed by atoms with Gasteiger partial charge < -0.3 is 11.1 Å². The van der Waals surface area contributed by atoms with Gasteiger partial charge in [-0.25, -0.2) is 9.97 Å². The van der Waals surface area contributed by atoms with Crippen molar-refractivity contribution in [2.24, 2.45) is 5.73 Å². The van der Waals surface area contributed by atoms with Crippen molar-refractivity contribution in [1.29, 1.82) is 0 Å². The van der Waals surface area contributed by atoms with Crippen molar-refractivity contribution in [2.75, 3.05) is 5.32 Å². The summed E-state index contributed by atoms with van der Waals surface area (Å²) in [5.41, 5.74) is 9.00. The lowest BCUT2D eigenvalue weighted by molar-refractivity contribution is 0.408. The molecule has 1 aliphatic rings. The predicted molar refractivity (Wildman–Crippen MR) is 91.1 cm³/mol. The van der Waals surface area contributed by atoms with Crippen molar-refractivity contribution in [3.8, 4) is 11.3 Å². The molecule has 0 unspecified atom stereocenters. The molecule has 0 aliphatic heterocycles. The summed E-state index contributed by atoms with van der Waals surface area (Å²) < 4.78 is 0. The highest BCUT2D eigenvalue weighted by Gasteiger charge is 2.20. The Hall–Kier alpha value is -1.65. The van der Waals surface area contributed by atoms with Crippen molar-refractivity contribution in [3.05, 3.63) is 41.0 Å². The summed E-state index contributed by atoms with van der Waals surface area (Å²) in [6.45, 7) is 2.06. The first-order chi connectivity index (χ1) is 10.6. The van der Waals surface area contributed by atoms with Gasteiger partial charge in [-0.2, -0.15) is 0 Å². The number of aromatic nitrogens is 2. The number of benzene rings is 1. The van der Waals surface area contributed by atoms with Gasteiger partial charge in [0, 0.05) is 17.6 Å². The van der Waals surface area contributed by atoms with Crippen LogP contribution in [-0.2, 0) is 0 Å². The van der Waals surface area contributed by atoms with E-state index in [-0.39, 0.29) is 6.04 Å². The van der Waals surface area contributed by atoms with E-state index < -0.39 is 0 Å². The quantitative estimate of drug-likeness (QED) is 0.904. The molecule has 0 spiro atoms. The smallest absolute Gasteiger partial charge is 0.223 e. The molecule has 22 heavy (non-hydrogen) atoms. The fourth-order valence-corrected chi connectivity index (χ4v) is 3.20. The molecule has 0 radical (unpaired) electrons. The zero-order valence-electron chi connectivity index (χ0n) is 12.7. The largest absolute Gasteiger partial charge is 0.351 e. The van der Waals surface area contributed by atoms with E-state index in [9.17, 15) is 0 Å². The van der Waals surface area contributed by atoms with E-state index >= 15 is 0 Å². The number of hydrogen-bond acceptors (Lipinski definition) is 4. The van der Waals surface area contributed by atoms with Crippen LogP contribution in [0.5, 0.6) is 0 Å². The van der Waals surface area contributed by atoms with Crippen molar-refractivity contribution in [2.45, 2.75) is 44.7 Å². The van der Waals surface area contributed by atoms with Crippen LogP contribution in [0, 0.1) is 6.92 Å². The highest BCUT2D eigenvalue weighted by atomic mass is 35.5. The van der Waals surface area contributed by atoms with Gasteiger partial charge in [-0.15, -0.1) is 0 Å². The molecule has 0 saturated heterocycles. The van der Waals surface area contributed by atoms with Gasteiger partial charge in [0.25, 0.3) is 0 Å². The van der Waals surface area contributed by atoms with Gasteiger partial charge in [-0.1, -0.05) is 35.9 Å². The fourth-order valence-electron chi connectivity index (χ4n) is 3.01. The second kappa shape index (κ2) is 6.63. The van der Waals surface area contributed by atoms with E-state index in [1.165, 1.54) is 0 Å². The lowest BCUT2D eigenvalue weighted by Gasteiger charge is -2.27. The molecule has 1 saturated carbocycles. The Morgan fingerprint density at radius 2 is 2.09 bits per heavy atom. The van der Waals surface area contributed by atoms with Crippen molar-refractivity contribution in [3.63, 3.8) is 0 Å². The van der Waals surface area contributed by atoms with Gasteiger partial charge in [0.2, 0.25) is 5.95 Å². The lowest BCUT2D eigenvalue weighted by atomic mass is 9.92. The standard InChI is InChI=1S/C17H21ClN4/c1-11-5-2-3-8-14(11)16-15(18)10-20-17(22-16)21-13-7-4-6-12(19)9-13/h2-3,5,8,10,12-13H,4,6-7,9,19H2,1H3,(H,20,21,22)/t12-,13+/m0/s1. The third-order valence-electron chi connectivity index (χ3n) is 4.19. The van der Waals surface area contributed by atoms with Crippen LogP contribution >= 0.6 is 11.6 Å². The molecule has 1 aliphatic carbocycles. The SMILES string of the molecule is Cc1ccccc1-c1nc(N[C@@H]2CCC[C@H](N)C2)ncc1Cl. The number of rotatable bonds is 3. The van der Waals surface area contributed by atoms with Gasteiger partial charge in [-0.3, -0.25) is 0 Å². The average molecular weight is 317 g/mol. The Kier molecular flexibility index (Phi) is 4.60. The van der Waals surface area contributed by atoms with Gasteiger partial charge in [0.05, 0.1) is 16.9 Å². The predicted octanol–water partition coefficient (Wildman–Crippen LogP) is 3.79. The number of halogens is 1. The van der Waals surface area contributed by atoms with Gasteiger partial charge in [0.15, 0.2) is 0 Å². The normalized spacial score (nSPS) is 21.6. The van der Waals surface area contributed by atoms with Gasteiger partial charge in [0.1, 0.15) is 0 Å². The fraction of sp³-hybridized carbons (Fsp3) is 0.412. The Morgan fingerprint density at radius 1 is 1.27 bits per heavy atom. The number of hydrogen-bond donors (Lipinski definition) is 2. The third kappa shape index (κ3) is 3.39. The first-order valence-electron chi connectivity index (χ1n) is 7.74. The lowest BCUT2D eigenvalue weighted by Crippen LogP contribution is -2.35. The van der Waals surface area contributed by atoms with E-state index in [2.05, 4.69) is 28.3 Å². The minimum Gasteiger partial charge on any atom is -0.351 e. The van der Waals surface area contributed by atoms with Crippen LogP contribution in [0.15, 0.2) is 30.5 Å². The first-order valence-corrected chi connectivity index (χ1v) is 8.12. The Balaban J connectivity index is 1.85. The van der Waals surface area contributed by atoms with E-state index in [0.717, 1.165) is 42.5 Å². The third-order valence-corrected chi connectivity index (χ3v) is 4.47. The van der Waals surface area contributed by atoms with Crippen LogP contribution in [0.4, 0.5) is 5.95 Å². The average Bonchev–Trinajstić information content (AvgIpc) is 2.50. The highest BCUT2D eigenvalue weighted by molar-refractivity contribution is 6.33. The molecular weight excluding hydrogens is 296 g/mol. The van der Waals surface area contributed by atoms with Gasteiger partial charge >= 0.3 is 0 Å². The second-order valence-electron chi connectivity index (χ2n) is 5.97. The Morgan fingerprint density at radius 3 is 2.86 bits per heavy atom. The number of nitrogens with two attached hydrogens (primary N) is 1. The van der Waals surface area contributed by atoms with Crippen molar-refractivity contribution in [1.82, 2.24) is 9.97 Å². The maximum Gasteiger partial charge on any atom is 0.223 e. The molecule has 0 bridgehead atoms. The summed E-state index contributed by atoms with van der Waals surface area (Å²) in [5.74, 6) is 0.627. The minimum absolute atomic E-state index is 0.273. The molecule has 116 valence electrons. The molecule has 1 aromatic carbocycles. The molecule has 2 atom stereocenters. The molecule has 3 rings (SSSR count). The molecular formula is C17H21ClN4. The molecule has 0 amide bonds. The number of nitrogens with zero attached hydrogens (tertiary/aromatic N) is 2. The van der Waals surface area contributed by atoms with E-state index in [1.54, 1.807) is 6.20 Å². The van der Waals surface area contributed by atoms with Crippen molar-refractivity contribution < 1.29 is 0 Å².